The van der Waals surface area contributed by atoms with Crippen LogP contribution in [-0.2, 0) is 9.53 Å². The van der Waals surface area contributed by atoms with Crippen molar-refractivity contribution in [2.45, 2.75) is 27.7 Å². The van der Waals surface area contributed by atoms with Gasteiger partial charge in [0, 0.05) is 28.8 Å². The predicted octanol–water partition coefficient (Wildman–Crippen LogP) is 5.13. The van der Waals surface area contributed by atoms with Gasteiger partial charge in [0.25, 0.3) is 5.91 Å². The van der Waals surface area contributed by atoms with Crippen LogP contribution in [0.2, 0.25) is 0 Å². The van der Waals surface area contributed by atoms with E-state index in [0.717, 1.165) is 28.2 Å². The van der Waals surface area contributed by atoms with Crippen LogP contribution in [-0.4, -0.2) is 30.2 Å². The van der Waals surface area contributed by atoms with Crippen LogP contribution in [0.3, 0.4) is 0 Å². The number of rotatable bonds is 7. The predicted molar refractivity (Wildman–Crippen MR) is 131 cm³/mol. The fourth-order valence-electron chi connectivity index (χ4n) is 3.73. The highest BCUT2D eigenvalue weighted by atomic mass is 16.5. The molecule has 1 amide bonds. The Labute approximate surface area is 199 Å². The van der Waals surface area contributed by atoms with Gasteiger partial charge in [0.05, 0.1) is 19.3 Å². The van der Waals surface area contributed by atoms with Gasteiger partial charge >= 0.3 is 5.97 Å². The van der Waals surface area contributed by atoms with Gasteiger partial charge in [-0.05, 0) is 75.2 Å². The van der Waals surface area contributed by atoms with Crippen molar-refractivity contribution < 1.29 is 19.1 Å². The van der Waals surface area contributed by atoms with Gasteiger partial charge < -0.3 is 19.4 Å². The number of aryl methyl sites for hydroxylation is 2. The molecule has 1 heterocycles. The first-order valence-electron chi connectivity index (χ1n) is 10.8. The maximum Gasteiger partial charge on any atom is 0.337 e. The summed E-state index contributed by atoms with van der Waals surface area (Å²) in [6, 6.07) is 16.3. The van der Waals surface area contributed by atoms with Gasteiger partial charge in [-0.1, -0.05) is 12.1 Å². The zero-order valence-corrected chi connectivity index (χ0v) is 19.9. The van der Waals surface area contributed by atoms with Gasteiger partial charge in [0.15, 0.2) is 0 Å². The molecule has 0 saturated heterocycles. The van der Waals surface area contributed by atoms with Crippen molar-refractivity contribution in [3.8, 4) is 17.5 Å². The second kappa shape index (κ2) is 10.5. The molecule has 3 aromatic rings. The number of nitrogens with zero attached hydrogens (tertiary/aromatic N) is 2. The molecule has 0 unspecified atom stereocenters. The zero-order chi connectivity index (χ0) is 24.8. The number of esters is 1. The number of anilines is 1. The molecule has 0 spiro atoms. The molecule has 7 heteroatoms. The number of benzene rings is 2. The first-order chi connectivity index (χ1) is 16.3. The van der Waals surface area contributed by atoms with E-state index in [-0.39, 0.29) is 5.57 Å². The summed E-state index contributed by atoms with van der Waals surface area (Å²) in [6.07, 6.45) is 1.57. The number of carbonyl (C=O) groups is 2. The summed E-state index contributed by atoms with van der Waals surface area (Å²) < 4.78 is 12.3. The van der Waals surface area contributed by atoms with E-state index in [4.69, 9.17) is 9.47 Å². The Kier molecular flexibility index (Phi) is 7.54. The molecule has 0 saturated carbocycles. The highest BCUT2D eigenvalue weighted by molar-refractivity contribution is 6.09. The van der Waals surface area contributed by atoms with E-state index in [2.05, 4.69) is 5.32 Å². The molecular weight excluding hydrogens is 430 g/mol. The SMILES string of the molecule is CCOc1cccc(NC(=O)/C(C#N)=C\c2cc(C)n(-c3cc(C(=O)OC)ccc3C)c2C)c1. The number of amides is 1. The van der Waals surface area contributed by atoms with E-state index >= 15 is 0 Å². The molecule has 0 fully saturated rings. The third kappa shape index (κ3) is 5.18. The van der Waals surface area contributed by atoms with Gasteiger partial charge in [0.1, 0.15) is 17.4 Å². The number of aromatic nitrogens is 1. The molecule has 0 aliphatic heterocycles. The van der Waals surface area contributed by atoms with Gasteiger partial charge in [-0.15, -0.1) is 0 Å². The first kappa shape index (κ1) is 24.3. The van der Waals surface area contributed by atoms with E-state index in [1.54, 1.807) is 42.5 Å². The van der Waals surface area contributed by atoms with Gasteiger partial charge in [-0.2, -0.15) is 5.26 Å². The van der Waals surface area contributed by atoms with Crippen LogP contribution in [0, 0.1) is 32.1 Å². The number of methoxy groups -OCH3 is 1. The summed E-state index contributed by atoms with van der Waals surface area (Å²) in [4.78, 5) is 24.8. The van der Waals surface area contributed by atoms with Crippen molar-refractivity contribution in [2.24, 2.45) is 0 Å². The summed E-state index contributed by atoms with van der Waals surface area (Å²) in [7, 11) is 1.35. The minimum atomic E-state index is -0.509. The molecule has 0 radical (unpaired) electrons. The van der Waals surface area contributed by atoms with E-state index in [1.807, 2.05) is 50.5 Å². The Hall–Kier alpha value is -4.31. The monoisotopic (exact) mass is 457 g/mol. The van der Waals surface area contributed by atoms with Gasteiger partial charge in [0.2, 0.25) is 0 Å². The highest BCUT2D eigenvalue weighted by Gasteiger charge is 2.17. The molecule has 0 aliphatic carbocycles. The number of nitriles is 1. The van der Waals surface area contributed by atoms with Crippen molar-refractivity contribution in [1.29, 1.82) is 5.26 Å². The van der Waals surface area contributed by atoms with Crippen LogP contribution in [0.1, 0.15) is 39.8 Å². The van der Waals surface area contributed by atoms with Crippen LogP contribution < -0.4 is 10.1 Å². The molecule has 0 aliphatic rings. The molecule has 174 valence electrons. The fraction of sp³-hybridized carbons (Fsp3) is 0.222. The van der Waals surface area contributed by atoms with Crippen LogP contribution in [0.25, 0.3) is 11.8 Å². The normalized spacial score (nSPS) is 11.0. The third-order valence-electron chi connectivity index (χ3n) is 5.41. The van der Waals surface area contributed by atoms with Crippen molar-refractivity contribution in [1.82, 2.24) is 4.57 Å². The molecule has 0 atom stereocenters. The first-order valence-corrected chi connectivity index (χ1v) is 10.8. The number of ether oxygens (including phenoxy) is 2. The van der Waals surface area contributed by atoms with Crippen LogP contribution in [0.5, 0.6) is 5.75 Å². The molecular formula is C27H27N3O4. The summed E-state index contributed by atoms with van der Waals surface area (Å²) in [5.74, 6) is -0.290. The molecule has 34 heavy (non-hydrogen) atoms. The molecule has 7 nitrogen and oxygen atoms in total. The highest BCUT2D eigenvalue weighted by Crippen LogP contribution is 2.26. The molecule has 3 rings (SSSR count). The Bertz CT molecular complexity index is 1310. The Morgan fingerprint density at radius 1 is 1.12 bits per heavy atom. The minimum absolute atomic E-state index is 0.0258. The van der Waals surface area contributed by atoms with Crippen LogP contribution in [0.4, 0.5) is 5.69 Å². The summed E-state index contributed by atoms with van der Waals surface area (Å²) in [6.45, 7) is 8.18. The lowest BCUT2D eigenvalue weighted by atomic mass is 10.1. The van der Waals surface area contributed by atoms with E-state index in [0.29, 0.717) is 23.6 Å². The van der Waals surface area contributed by atoms with Gasteiger partial charge in [-0.3, -0.25) is 4.79 Å². The lowest BCUT2D eigenvalue weighted by molar-refractivity contribution is -0.112. The van der Waals surface area contributed by atoms with Crippen LogP contribution >= 0.6 is 0 Å². The summed E-state index contributed by atoms with van der Waals surface area (Å²) in [5.41, 5.74) is 5.22. The summed E-state index contributed by atoms with van der Waals surface area (Å²) in [5, 5.41) is 12.4. The molecule has 1 aromatic heterocycles. The molecule has 1 N–H and O–H groups in total. The Morgan fingerprint density at radius 2 is 1.88 bits per heavy atom. The zero-order valence-electron chi connectivity index (χ0n) is 19.9. The summed E-state index contributed by atoms with van der Waals surface area (Å²) >= 11 is 0. The average molecular weight is 458 g/mol. The average Bonchev–Trinajstić information content (AvgIpc) is 3.10. The van der Waals surface area contributed by atoms with Crippen molar-refractivity contribution in [2.75, 3.05) is 19.0 Å². The van der Waals surface area contributed by atoms with E-state index in [1.165, 1.54) is 7.11 Å². The third-order valence-corrected chi connectivity index (χ3v) is 5.41. The largest absolute Gasteiger partial charge is 0.494 e. The quantitative estimate of drug-likeness (QED) is 0.301. The number of carbonyl (C=O) groups excluding carboxylic acids is 2. The van der Waals surface area contributed by atoms with E-state index < -0.39 is 11.9 Å². The van der Waals surface area contributed by atoms with Crippen molar-refractivity contribution >= 4 is 23.6 Å². The number of hydrogen-bond donors (Lipinski definition) is 1. The maximum absolute atomic E-state index is 12.8. The smallest absolute Gasteiger partial charge is 0.337 e. The van der Waals surface area contributed by atoms with Crippen molar-refractivity contribution in [3.05, 3.63) is 82.2 Å². The topological polar surface area (TPSA) is 93.4 Å². The Morgan fingerprint density at radius 3 is 2.56 bits per heavy atom. The number of nitrogens with one attached hydrogen (secondary N) is 1. The fourth-order valence-corrected chi connectivity index (χ4v) is 3.73. The number of hydrogen-bond acceptors (Lipinski definition) is 5. The maximum atomic E-state index is 12.8. The van der Waals surface area contributed by atoms with Crippen LogP contribution in [0.15, 0.2) is 54.1 Å². The molecule has 0 bridgehead atoms. The molecule has 2 aromatic carbocycles. The van der Waals surface area contributed by atoms with E-state index in [9.17, 15) is 14.9 Å². The standard InChI is InChI=1S/C27H27N3O4/c1-6-34-24-9-7-8-23(15-24)29-26(31)22(16-28)13-21-12-18(3)30(19(21)4)25-14-20(27(32)33-5)11-10-17(25)2/h7-15H,6H2,1-5H3,(H,29,31)/b22-13-. The Balaban J connectivity index is 1.95. The van der Waals surface area contributed by atoms with Gasteiger partial charge in [-0.25, -0.2) is 4.79 Å². The second-order valence-corrected chi connectivity index (χ2v) is 7.74. The lowest BCUT2D eigenvalue weighted by Gasteiger charge is -2.14. The van der Waals surface area contributed by atoms with Crippen molar-refractivity contribution in [3.63, 3.8) is 0 Å². The second-order valence-electron chi connectivity index (χ2n) is 7.74. The minimum Gasteiger partial charge on any atom is -0.494 e. The lowest BCUT2D eigenvalue weighted by Crippen LogP contribution is -2.13.